The molecular weight excluding hydrogens is 384 g/mol. The predicted molar refractivity (Wildman–Crippen MR) is 110 cm³/mol. The number of fused-ring (bicyclic) bond motifs is 1. The first kappa shape index (κ1) is 19.9. The summed E-state index contributed by atoms with van der Waals surface area (Å²) in [5.41, 5.74) is 0.971. The zero-order valence-electron chi connectivity index (χ0n) is 17.2. The fraction of sp³-hybridized carbons (Fsp3) is 0.348. The van der Waals surface area contributed by atoms with Crippen molar-refractivity contribution in [3.05, 3.63) is 59.2 Å². The first-order chi connectivity index (χ1) is 14.3. The third-order valence-electron chi connectivity index (χ3n) is 5.60. The Morgan fingerprint density at radius 3 is 2.40 bits per heavy atom. The van der Waals surface area contributed by atoms with Crippen molar-refractivity contribution in [3.8, 4) is 11.5 Å². The van der Waals surface area contributed by atoms with Gasteiger partial charge in [-0.2, -0.15) is 0 Å². The minimum Gasteiger partial charge on any atom is -0.486 e. The topological polar surface area (TPSA) is 84.9 Å². The Morgan fingerprint density at radius 2 is 1.73 bits per heavy atom. The average molecular weight is 408 g/mol. The van der Waals surface area contributed by atoms with Gasteiger partial charge in [-0.15, -0.1) is 0 Å². The second-order valence-corrected chi connectivity index (χ2v) is 8.00. The standard InChI is InChI=1S/C23H24N2O5/c1-14(2)15-4-7-17(8-5-15)23(3)21(27)25(22(28)24-23)13-18(26)16-6-9-19-20(12-16)30-11-10-29-19/h4-9,12,14H,10-11,13H2,1-3H3,(H,24,28). The molecule has 1 saturated heterocycles. The van der Waals surface area contributed by atoms with E-state index in [-0.39, 0.29) is 12.3 Å². The van der Waals surface area contributed by atoms with Crippen LogP contribution >= 0.6 is 0 Å². The van der Waals surface area contributed by atoms with E-state index in [0.717, 1.165) is 10.5 Å². The van der Waals surface area contributed by atoms with Gasteiger partial charge in [-0.1, -0.05) is 38.1 Å². The van der Waals surface area contributed by atoms with E-state index in [1.54, 1.807) is 25.1 Å². The van der Waals surface area contributed by atoms with Crippen LogP contribution in [0.1, 0.15) is 48.2 Å². The monoisotopic (exact) mass is 408 g/mol. The van der Waals surface area contributed by atoms with E-state index >= 15 is 0 Å². The Bertz CT molecular complexity index is 1010. The normalized spacial score (nSPS) is 20.5. The largest absolute Gasteiger partial charge is 0.486 e. The Hall–Kier alpha value is -3.35. The molecule has 0 bridgehead atoms. The molecule has 0 spiro atoms. The number of carbonyl (C=O) groups is 3. The predicted octanol–water partition coefficient (Wildman–Crippen LogP) is 3.23. The Morgan fingerprint density at radius 1 is 1.07 bits per heavy atom. The summed E-state index contributed by atoms with van der Waals surface area (Å²) in [5.74, 6) is 0.621. The molecule has 1 unspecified atom stereocenters. The number of nitrogens with zero attached hydrogens (tertiary/aromatic N) is 1. The maximum atomic E-state index is 13.1. The molecule has 2 heterocycles. The van der Waals surface area contributed by atoms with Crippen LogP contribution in [0.4, 0.5) is 4.79 Å². The number of nitrogens with one attached hydrogen (secondary N) is 1. The van der Waals surface area contributed by atoms with Crippen LogP contribution in [0.3, 0.4) is 0 Å². The summed E-state index contributed by atoms with van der Waals surface area (Å²) in [4.78, 5) is 39.4. The van der Waals surface area contributed by atoms with Crippen LogP contribution in [0.5, 0.6) is 11.5 Å². The van der Waals surface area contributed by atoms with Gasteiger partial charge in [0.2, 0.25) is 0 Å². The molecule has 0 aliphatic carbocycles. The number of ether oxygens (including phenoxy) is 2. The molecule has 2 aromatic rings. The van der Waals surface area contributed by atoms with E-state index < -0.39 is 17.5 Å². The van der Waals surface area contributed by atoms with Gasteiger partial charge in [-0.05, 0) is 42.2 Å². The fourth-order valence-corrected chi connectivity index (χ4v) is 3.69. The average Bonchev–Trinajstić information content (AvgIpc) is 2.97. The van der Waals surface area contributed by atoms with Gasteiger partial charge in [0.1, 0.15) is 18.8 Å². The summed E-state index contributed by atoms with van der Waals surface area (Å²) in [5, 5.41) is 2.74. The molecule has 3 amide bonds. The number of imide groups is 1. The minimum atomic E-state index is -1.21. The SMILES string of the molecule is CC(C)c1ccc(C2(C)NC(=O)N(CC(=O)c3ccc4c(c3)OCCO4)C2=O)cc1. The summed E-state index contributed by atoms with van der Waals surface area (Å²) in [6.07, 6.45) is 0. The molecule has 1 atom stereocenters. The lowest BCUT2D eigenvalue weighted by Crippen LogP contribution is -2.41. The molecule has 2 aliphatic heterocycles. The first-order valence-electron chi connectivity index (χ1n) is 9.97. The van der Waals surface area contributed by atoms with Crippen LogP contribution in [0.25, 0.3) is 0 Å². The minimum absolute atomic E-state index is 0.343. The zero-order chi connectivity index (χ0) is 21.5. The Balaban J connectivity index is 1.53. The Kier molecular flexibility index (Phi) is 4.97. The lowest BCUT2D eigenvalue weighted by atomic mass is 9.90. The molecule has 1 fully saturated rings. The van der Waals surface area contributed by atoms with Gasteiger partial charge >= 0.3 is 6.03 Å². The van der Waals surface area contributed by atoms with E-state index in [4.69, 9.17) is 9.47 Å². The highest BCUT2D eigenvalue weighted by atomic mass is 16.6. The number of hydrogen-bond donors (Lipinski definition) is 1. The summed E-state index contributed by atoms with van der Waals surface area (Å²) >= 11 is 0. The highest BCUT2D eigenvalue weighted by Gasteiger charge is 2.49. The third kappa shape index (κ3) is 3.40. The van der Waals surface area contributed by atoms with E-state index in [9.17, 15) is 14.4 Å². The van der Waals surface area contributed by atoms with Crippen LogP contribution in [-0.4, -0.2) is 42.4 Å². The number of amides is 3. The molecule has 1 N–H and O–H groups in total. The number of hydrogen-bond acceptors (Lipinski definition) is 5. The van der Waals surface area contributed by atoms with Gasteiger partial charge in [-0.25, -0.2) is 4.79 Å². The summed E-state index contributed by atoms with van der Waals surface area (Å²) in [7, 11) is 0. The molecule has 0 saturated carbocycles. The second-order valence-electron chi connectivity index (χ2n) is 8.00. The first-order valence-corrected chi connectivity index (χ1v) is 9.97. The van der Waals surface area contributed by atoms with Gasteiger partial charge < -0.3 is 14.8 Å². The van der Waals surface area contributed by atoms with Crippen LogP contribution in [0.15, 0.2) is 42.5 Å². The molecule has 30 heavy (non-hydrogen) atoms. The van der Waals surface area contributed by atoms with Crippen molar-refractivity contribution in [3.63, 3.8) is 0 Å². The van der Waals surface area contributed by atoms with Gasteiger partial charge in [0, 0.05) is 5.56 Å². The summed E-state index contributed by atoms with van der Waals surface area (Å²) < 4.78 is 11.0. The molecule has 2 aromatic carbocycles. The van der Waals surface area contributed by atoms with Gasteiger partial charge in [0.05, 0.1) is 6.54 Å². The second kappa shape index (κ2) is 7.48. The van der Waals surface area contributed by atoms with Crippen molar-refractivity contribution >= 4 is 17.7 Å². The number of benzene rings is 2. The molecule has 156 valence electrons. The molecular formula is C23H24N2O5. The summed E-state index contributed by atoms with van der Waals surface area (Å²) in [6, 6.07) is 11.9. The zero-order valence-corrected chi connectivity index (χ0v) is 17.2. The van der Waals surface area contributed by atoms with Crippen molar-refractivity contribution in [1.82, 2.24) is 10.2 Å². The maximum absolute atomic E-state index is 13.1. The van der Waals surface area contributed by atoms with Crippen molar-refractivity contribution in [2.45, 2.75) is 32.2 Å². The van der Waals surface area contributed by atoms with Crippen LogP contribution in [-0.2, 0) is 10.3 Å². The Labute approximate surface area is 175 Å². The van der Waals surface area contributed by atoms with Gasteiger partial charge in [-0.3, -0.25) is 14.5 Å². The summed E-state index contributed by atoms with van der Waals surface area (Å²) in [6.45, 7) is 6.36. The lowest BCUT2D eigenvalue weighted by molar-refractivity contribution is -0.130. The molecule has 2 aliphatic rings. The van der Waals surface area contributed by atoms with Crippen molar-refractivity contribution < 1.29 is 23.9 Å². The van der Waals surface area contributed by atoms with Crippen molar-refractivity contribution in [2.24, 2.45) is 0 Å². The van der Waals surface area contributed by atoms with Crippen molar-refractivity contribution in [1.29, 1.82) is 0 Å². The van der Waals surface area contributed by atoms with Crippen LogP contribution in [0, 0.1) is 0 Å². The molecule has 0 aromatic heterocycles. The highest BCUT2D eigenvalue weighted by molar-refractivity contribution is 6.11. The molecule has 7 nitrogen and oxygen atoms in total. The van der Waals surface area contributed by atoms with E-state index in [1.807, 2.05) is 24.3 Å². The van der Waals surface area contributed by atoms with E-state index in [0.29, 0.717) is 41.8 Å². The number of rotatable bonds is 5. The van der Waals surface area contributed by atoms with Crippen LogP contribution in [0.2, 0.25) is 0 Å². The fourth-order valence-electron chi connectivity index (χ4n) is 3.69. The number of urea groups is 1. The molecule has 4 rings (SSSR count). The number of ketones is 1. The third-order valence-corrected chi connectivity index (χ3v) is 5.60. The quantitative estimate of drug-likeness (QED) is 0.607. The number of Topliss-reactive ketones (excluding diaryl/α,β-unsaturated/α-hetero) is 1. The van der Waals surface area contributed by atoms with Gasteiger partial charge in [0.25, 0.3) is 5.91 Å². The lowest BCUT2D eigenvalue weighted by Gasteiger charge is -2.23. The van der Waals surface area contributed by atoms with Crippen LogP contribution < -0.4 is 14.8 Å². The highest BCUT2D eigenvalue weighted by Crippen LogP contribution is 2.32. The van der Waals surface area contributed by atoms with Gasteiger partial charge in [0.15, 0.2) is 17.3 Å². The van der Waals surface area contributed by atoms with E-state index in [1.165, 1.54) is 0 Å². The number of carbonyl (C=O) groups excluding carboxylic acids is 3. The maximum Gasteiger partial charge on any atom is 0.325 e. The molecule has 7 heteroatoms. The van der Waals surface area contributed by atoms with Crippen molar-refractivity contribution in [2.75, 3.05) is 19.8 Å². The smallest absolute Gasteiger partial charge is 0.325 e. The van der Waals surface area contributed by atoms with E-state index in [2.05, 4.69) is 19.2 Å². The molecule has 0 radical (unpaired) electrons.